The van der Waals surface area contributed by atoms with E-state index in [1.807, 2.05) is 31.2 Å². The fraction of sp³-hybridized carbons (Fsp3) is 0.526. The Kier molecular flexibility index (Phi) is 9.04. The SMILES string of the molecule is CCCCC(CC)COC(=O)/C=C/c1cccc(OCC)c1. The zero-order chi connectivity index (χ0) is 16.2. The van der Waals surface area contributed by atoms with E-state index < -0.39 is 0 Å². The summed E-state index contributed by atoms with van der Waals surface area (Å²) in [6.07, 6.45) is 7.79. The predicted octanol–water partition coefficient (Wildman–Crippen LogP) is 4.86. The van der Waals surface area contributed by atoms with Crippen LogP contribution in [-0.2, 0) is 9.53 Å². The van der Waals surface area contributed by atoms with Crippen LogP contribution in [0.3, 0.4) is 0 Å². The second kappa shape index (κ2) is 10.9. The van der Waals surface area contributed by atoms with Crippen molar-refractivity contribution in [3.05, 3.63) is 35.9 Å². The summed E-state index contributed by atoms with van der Waals surface area (Å²) in [5.41, 5.74) is 0.931. The van der Waals surface area contributed by atoms with E-state index in [4.69, 9.17) is 9.47 Å². The molecule has 0 aliphatic heterocycles. The van der Waals surface area contributed by atoms with Crippen LogP contribution < -0.4 is 4.74 Å². The first-order valence-corrected chi connectivity index (χ1v) is 8.27. The molecule has 0 fully saturated rings. The summed E-state index contributed by atoms with van der Waals surface area (Å²) in [4.78, 5) is 11.8. The van der Waals surface area contributed by atoms with Crippen molar-refractivity contribution in [1.82, 2.24) is 0 Å². The molecule has 0 spiro atoms. The number of hydrogen-bond donors (Lipinski definition) is 0. The lowest BCUT2D eigenvalue weighted by Crippen LogP contribution is -2.12. The number of hydrogen-bond acceptors (Lipinski definition) is 3. The van der Waals surface area contributed by atoms with Crippen molar-refractivity contribution >= 4 is 12.0 Å². The van der Waals surface area contributed by atoms with Crippen LogP contribution in [0.25, 0.3) is 6.08 Å². The van der Waals surface area contributed by atoms with E-state index in [0.29, 0.717) is 19.1 Å². The van der Waals surface area contributed by atoms with Crippen molar-refractivity contribution < 1.29 is 14.3 Å². The van der Waals surface area contributed by atoms with Gasteiger partial charge in [-0.1, -0.05) is 45.2 Å². The highest BCUT2D eigenvalue weighted by molar-refractivity contribution is 5.87. The third-order valence-electron chi connectivity index (χ3n) is 3.59. The summed E-state index contributed by atoms with van der Waals surface area (Å²) in [5, 5.41) is 0. The Morgan fingerprint density at radius 2 is 2.09 bits per heavy atom. The number of rotatable bonds is 10. The maximum absolute atomic E-state index is 11.8. The monoisotopic (exact) mass is 304 g/mol. The molecule has 0 radical (unpaired) electrons. The van der Waals surface area contributed by atoms with Gasteiger partial charge in [0.05, 0.1) is 13.2 Å². The zero-order valence-corrected chi connectivity index (χ0v) is 14.0. The average Bonchev–Trinajstić information content (AvgIpc) is 2.54. The molecule has 0 bridgehead atoms. The molecule has 0 amide bonds. The zero-order valence-electron chi connectivity index (χ0n) is 14.0. The van der Waals surface area contributed by atoms with Gasteiger partial charge in [0, 0.05) is 6.08 Å². The van der Waals surface area contributed by atoms with Gasteiger partial charge in [-0.3, -0.25) is 0 Å². The summed E-state index contributed by atoms with van der Waals surface area (Å²) in [7, 11) is 0. The Labute approximate surface area is 134 Å². The molecule has 122 valence electrons. The smallest absolute Gasteiger partial charge is 0.330 e. The van der Waals surface area contributed by atoms with Crippen LogP contribution in [0.2, 0.25) is 0 Å². The summed E-state index contributed by atoms with van der Waals surface area (Å²) in [5.74, 6) is 0.999. The van der Waals surface area contributed by atoms with Gasteiger partial charge in [0.25, 0.3) is 0 Å². The number of esters is 1. The summed E-state index contributed by atoms with van der Waals surface area (Å²) < 4.78 is 10.8. The molecule has 0 saturated heterocycles. The summed E-state index contributed by atoms with van der Waals surface area (Å²) in [6, 6.07) is 7.65. The van der Waals surface area contributed by atoms with Crippen molar-refractivity contribution in [3.63, 3.8) is 0 Å². The summed E-state index contributed by atoms with van der Waals surface area (Å²) >= 11 is 0. The van der Waals surface area contributed by atoms with Crippen LogP contribution in [0.15, 0.2) is 30.3 Å². The van der Waals surface area contributed by atoms with Crippen molar-refractivity contribution in [1.29, 1.82) is 0 Å². The van der Waals surface area contributed by atoms with Crippen molar-refractivity contribution in [3.8, 4) is 5.75 Å². The first-order chi connectivity index (χ1) is 10.7. The third-order valence-corrected chi connectivity index (χ3v) is 3.59. The van der Waals surface area contributed by atoms with Crippen LogP contribution in [0.1, 0.15) is 52.0 Å². The normalized spacial score (nSPS) is 12.3. The maximum atomic E-state index is 11.8. The average molecular weight is 304 g/mol. The first kappa shape index (κ1) is 18.3. The highest BCUT2D eigenvalue weighted by atomic mass is 16.5. The van der Waals surface area contributed by atoms with Crippen LogP contribution in [0, 0.1) is 5.92 Å². The van der Waals surface area contributed by atoms with E-state index in [0.717, 1.165) is 24.2 Å². The molecule has 1 rings (SSSR count). The minimum Gasteiger partial charge on any atom is -0.494 e. The van der Waals surface area contributed by atoms with Crippen molar-refractivity contribution in [2.75, 3.05) is 13.2 Å². The third kappa shape index (κ3) is 7.30. The van der Waals surface area contributed by atoms with Gasteiger partial charge >= 0.3 is 5.97 Å². The van der Waals surface area contributed by atoms with Crippen molar-refractivity contribution in [2.24, 2.45) is 5.92 Å². The van der Waals surface area contributed by atoms with E-state index in [-0.39, 0.29) is 5.97 Å². The highest BCUT2D eigenvalue weighted by Gasteiger charge is 2.08. The standard InChI is InChI=1S/C19H28O3/c1-4-7-9-16(5-2)15-22-19(20)13-12-17-10-8-11-18(14-17)21-6-3/h8,10-14,16H,4-7,9,15H2,1-3H3/b13-12+. The van der Waals surface area contributed by atoms with Crippen LogP contribution in [0.5, 0.6) is 5.75 Å². The molecule has 0 N–H and O–H groups in total. The summed E-state index contributed by atoms with van der Waals surface area (Å²) in [6.45, 7) is 7.41. The first-order valence-electron chi connectivity index (χ1n) is 8.27. The maximum Gasteiger partial charge on any atom is 0.330 e. The molecule has 22 heavy (non-hydrogen) atoms. The van der Waals surface area contributed by atoms with E-state index >= 15 is 0 Å². The Balaban J connectivity index is 2.45. The Morgan fingerprint density at radius 3 is 2.77 bits per heavy atom. The van der Waals surface area contributed by atoms with E-state index in [2.05, 4.69) is 13.8 Å². The number of benzene rings is 1. The number of ether oxygens (including phenoxy) is 2. The number of carbonyl (C=O) groups is 1. The second-order valence-electron chi connectivity index (χ2n) is 5.39. The van der Waals surface area contributed by atoms with Gasteiger partial charge in [-0.15, -0.1) is 0 Å². The van der Waals surface area contributed by atoms with Crippen LogP contribution in [0.4, 0.5) is 0 Å². The molecule has 0 heterocycles. The van der Waals surface area contributed by atoms with Gasteiger partial charge in [-0.2, -0.15) is 0 Å². The lowest BCUT2D eigenvalue weighted by atomic mass is 10.0. The number of unbranched alkanes of at least 4 members (excludes halogenated alkanes) is 1. The minimum absolute atomic E-state index is 0.281. The second-order valence-corrected chi connectivity index (χ2v) is 5.39. The molecule has 0 aliphatic rings. The molecule has 3 heteroatoms. The highest BCUT2D eigenvalue weighted by Crippen LogP contribution is 2.15. The van der Waals surface area contributed by atoms with Crippen LogP contribution >= 0.6 is 0 Å². The molecule has 0 aromatic heterocycles. The topological polar surface area (TPSA) is 35.5 Å². The van der Waals surface area contributed by atoms with Gasteiger partial charge < -0.3 is 9.47 Å². The molecular weight excluding hydrogens is 276 g/mol. The molecule has 1 unspecified atom stereocenters. The number of carbonyl (C=O) groups excluding carboxylic acids is 1. The minimum atomic E-state index is -0.281. The molecule has 1 atom stereocenters. The lowest BCUT2D eigenvalue weighted by molar-refractivity contribution is -0.139. The molecule has 1 aromatic carbocycles. The Morgan fingerprint density at radius 1 is 1.27 bits per heavy atom. The quantitative estimate of drug-likeness (QED) is 0.457. The fourth-order valence-corrected chi connectivity index (χ4v) is 2.19. The Hall–Kier alpha value is -1.77. The van der Waals surface area contributed by atoms with Crippen molar-refractivity contribution in [2.45, 2.75) is 46.5 Å². The molecule has 0 saturated carbocycles. The molecule has 3 nitrogen and oxygen atoms in total. The molecule has 0 aliphatic carbocycles. The molecule has 1 aromatic rings. The van der Waals surface area contributed by atoms with Gasteiger partial charge in [0.15, 0.2) is 0 Å². The van der Waals surface area contributed by atoms with E-state index in [9.17, 15) is 4.79 Å². The predicted molar refractivity (Wildman–Crippen MR) is 90.9 cm³/mol. The lowest BCUT2D eigenvalue weighted by Gasteiger charge is -2.13. The Bertz CT molecular complexity index is 466. The van der Waals surface area contributed by atoms with Gasteiger partial charge in [0.1, 0.15) is 5.75 Å². The van der Waals surface area contributed by atoms with E-state index in [1.165, 1.54) is 18.9 Å². The van der Waals surface area contributed by atoms with Gasteiger partial charge in [-0.05, 0) is 43.0 Å². The largest absolute Gasteiger partial charge is 0.494 e. The molecular formula is C19H28O3. The van der Waals surface area contributed by atoms with Gasteiger partial charge in [-0.25, -0.2) is 4.79 Å². The fourth-order valence-electron chi connectivity index (χ4n) is 2.19. The van der Waals surface area contributed by atoms with Crippen LogP contribution in [-0.4, -0.2) is 19.2 Å². The van der Waals surface area contributed by atoms with Gasteiger partial charge in [0.2, 0.25) is 0 Å². The van der Waals surface area contributed by atoms with E-state index in [1.54, 1.807) is 6.08 Å².